The monoisotopic (exact) mass is 310 g/mol. The van der Waals surface area contributed by atoms with Crippen LogP contribution in [0.4, 0.5) is 0 Å². The van der Waals surface area contributed by atoms with Crippen molar-refractivity contribution in [3.63, 3.8) is 0 Å². The van der Waals surface area contributed by atoms with Crippen molar-refractivity contribution in [2.45, 2.75) is 15.8 Å². The summed E-state index contributed by atoms with van der Waals surface area (Å²) in [6.45, 7) is 1.74. The molecule has 13 heteroatoms. The summed E-state index contributed by atoms with van der Waals surface area (Å²) in [6.07, 6.45) is 0.519. The second-order valence-electron chi connectivity index (χ2n) is 2.20. The number of hydrogen-bond donors (Lipinski definition) is 5. The van der Waals surface area contributed by atoms with E-state index in [0.29, 0.717) is 34.4 Å². The minimum absolute atomic E-state index is 0.484. The van der Waals surface area contributed by atoms with Crippen molar-refractivity contribution in [1.82, 2.24) is 0 Å². The van der Waals surface area contributed by atoms with Crippen LogP contribution < -0.4 is 0 Å². The summed E-state index contributed by atoms with van der Waals surface area (Å²) < 4.78 is 73.8. The molecule has 0 saturated heterocycles. The first kappa shape index (κ1) is 22.2. The minimum Gasteiger partial charge on any atom is -0.284 e. The van der Waals surface area contributed by atoms with Gasteiger partial charge < -0.3 is 0 Å². The van der Waals surface area contributed by atoms with Crippen LogP contribution in [0.1, 0.15) is 13.3 Å². The standard InChI is InChI=1S/C3H7O3S.Na.2H2O3S/c1-2-3-7(4,5)6;;2*1-4(2)3/h3H,2H2,1H3,(H,4,5,6);;2*(H2,1,2,3). The Morgan fingerprint density at radius 3 is 1.31 bits per heavy atom. The molecule has 0 saturated carbocycles. The predicted octanol–water partition coefficient (Wildman–Crippen LogP) is -0.859. The fourth-order valence-corrected chi connectivity index (χ4v) is 0.632. The van der Waals surface area contributed by atoms with Crippen LogP contribution in [0.25, 0.3) is 0 Å². The Balaban J connectivity index is -0.000000179. The normalized spacial score (nSPS) is 12.4. The minimum atomic E-state index is -3.69. The van der Waals surface area contributed by atoms with Gasteiger partial charge in [-0.25, -0.2) is 0 Å². The van der Waals surface area contributed by atoms with E-state index in [1.165, 1.54) is 0 Å². The molecule has 1 unspecified atom stereocenters. The Kier molecular flexibility index (Phi) is 17.4. The first-order valence-corrected chi connectivity index (χ1v) is 8.29. The number of rotatable bonds is 2. The summed E-state index contributed by atoms with van der Waals surface area (Å²) >= 11 is -4.71. The SMILES string of the molecule is CC[CH]([Na])S(=O)(=O)O.O=S(O)O.O=S(O)O. The molecule has 0 radical (unpaired) electrons. The van der Waals surface area contributed by atoms with Crippen LogP contribution in [0.2, 0.25) is 0 Å². The Labute approximate surface area is 115 Å². The van der Waals surface area contributed by atoms with E-state index in [-0.39, 0.29) is 0 Å². The summed E-state index contributed by atoms with van der Waals surface area (Å²) in [4.78, 5) is 0. The van der Waals surface area contributed by atoms with Gasteiger partial charge in [0, 0.05) is 0 Å². The first-order chi connectivity index (χ1) is 6.95. The molecule has 0 aromatic carbocycles. The van der Waals surface area contributed by atoms with Crippen molar-refractivity contribution in [2.75, 3.05) is 0 Å². The Bertz CT molecular complexity index is 279. The maximum Gasteiger partial charge on any atom is 0.299 e. The van der Waals surface area contributed by atoms with Gasteiger partial charge in [0.25, 0.3) is 22.7 Å². The van der Waals surface area contributed by atoms with Crippen LogP contribution in [0.15, 0.2) is 0 Å². The maximum atomic E-state index is 10.2. The Hall–Kier alpha value is 1.05. The maximum absolute atomic E-state index is 10.2. The largest absolute Gasteiger partial charge is 0.299 e. The van der Waals surface area contributed by atoms with Gasteiger partial charge in [-0.3, -0.25) is 18.2 Å². The quantitative estimate of drug-likeness (QED) is 0.247. The van der Waals surface area contributed by atoms with Gasteiger partial charge in [-0.2, -0.15) is 8.42 Å². The molecule has 0 aromatic rings. The van der Waals surface area contributed by atoms with Crippen molar-refractivity contribution in [1.29, 1.82) is 0 Å². The molecule has 0 spiro atoms. The van der Waals surface area contributed by atoms with Crippen LogP contribution in [0, 0.1) is 0 Å². The molecule has 0 heterocycles. The average molecular weight is 310 g/mol. The molecule has 96 valence electrons. The van der Waals surface area contributed by atoms with Gasteiger partial charge in [-0.1, -0.05) is 0 Å². The van der Waals surface area contributed by atoms with Crippen LogP contribution in [0.3, 0.4) is 0 Å². The van der Waals surface area contributed by atoms with Crippen molar-refractivity contribution >= 4 is 60.8 Å². The summed E-state index contributed by atoms with van der Waals surface area (Å²) in [6, 6.07) is 0. The van der Waals surface area contributed by atoms with E-state index in [1.807, 2.05) is 0 Å². The second-order valence-corrected chi connectivity index (χ2v) is 7.18. The van der Waals surface area contributed by atoms with Gasteiger partial charge in [-0.15, -0.1) is 0 Å². The molecule has 0 aliphatic carbocycles. The van der Waals surface area contributed by atoms with Crippen molar-refractivity contribution < 1.29 is 39.6 Å². The molecule has 0 aromatic heterocycles. The van der Waals surface area contributed by atoms with Gasteiger partial charge in [0.05, 0.1) is 0 Å². The molecular weight excluding hydrogens is 299 g/mol. The van der Waals surface area contributed by atoms with E-state index in [2.05, 4.69) is 0 Å². The molecule has 5 N–H and O–H groups in total. The fourth-order valence-electron chi connectivity index (χ4n) is 0.211. The summed E-state index contributed by atoms with van der Waals surface area (Å²) in [5, 5.41) is 0. The molecule has 1 atom stereocenters. The zero-order valence-electron chi connectivity index (χ0n) is 8.38. The molecule has 0 amide bonds. The second kappa shape index (κ2) is 12.5. The zero-order chi connectivity index (χ0) is 13.9. The number of hydrogen-bond acceptors (Lipinski definition) is 4. The third-order valence-corrected chi connectivity index (χ3v) is 5.04. The van der Waals surface area contributed by atoms with E-state index in [9.17, 15) is 8.42 Å². The van der Waals surface area contributed by atoms with Gasteiger partial charge in [0.15, 0.2) is 0 Å². The third-order valence-electron chi connectivity index (χ3n) is 1.08. The van der Waals surface area contributed by atoms with Gasteiger partial charge >= 0.3 is 66.9 Å². The average Bonchev–Trinajstić information content (AvgIpc) is 1.98. The zero-order valence-corrected chi connectivity index (χ0v) is 12.8. The summed E-state index contributed by atoms with van der Waals surface area (Å²) in [7, 11) is -3.69. The molecular formula is C3H11NaO9S3. The Morgan fingerprint density at radius 2 is 1.31 bits per heavy atom. The van der Waals surface area contributed by atoms with Crippen molar-refractivity contribution in [3.05, 3.63) is 0 Å². The van der Waals surface area contributed by atoms with E-state index in [4.69, 9.17) is 31.2 Å². The Morgan fingerprint density at radius 1 is 1.12 bits per heavy atom. The van der Waals surface area contributed by atoms with Gasteiger partial charge in [0.1, 0.15) is 0 Å². The summed E-state index contributed by atoms with van der Waals surface area (Å²) in [5.41, 5.74) is 0. The van der Waals surface area contributed by atoms with Gasteiger partial charge in [0.2, 0.25) is 0 Å². The van der Waals surface area contributed by atoms with Crippen LogP contribution in [-0.2, 0) is 32.8 Å². The molecule has 0 bridgehead atoms. The predicted molar refractivity (Wildman–Crippen MR) is 58.2 cm³/mol. The smallest absolute Gasteiger partial charge is 0.284 e. The molecule has 0 aliphatic heterocycles. The van der Waals surface area contributed by atoms with E-state index in [1.54, 1.807) is 6.92 Å². The molecule has 0 fully saturated rings. The van der Waals surface area contributed by atoms with Crippen molar-refractivity contribution in [2.24, 2.45) is 0 Å². The molecule has 0 rings (SSSR count). The molecule has 16 heavy (non-hydrogen) atoms. The summed E-state index contributed by atoms with van der Waals surface area (Å²) in [5.74, 6) is 0. The van der Waals surface area contributed by atoms with Crippen LogP contribution >= 0.6 is 0 Å². The van der Waals surface area contributed by atoms with E-state index in [0.717, 1.165) is 0 Å². The van der Waals surface area contributed by atoms with Crippen LogP contribution in [-0.4, -0.2) is 70.0 Å². The third kappa shape index (κ3) is 36.3. The van der Waals surface area contributed by atoms with E-state index < -0.39 is 35.3 Å². The van der Waals surface area contributed by atoms with Crippen LogP contribution in [0.5, 0.6) is 0 Å². The molecule has 0 aliphatic rings. The topological polar surface area (TPSA) is 169 Å². The fraction of sp³-hybridized carbons (Fsp3) is 1.00. The van der Waals surface area contributed by atoms with Crippen molar-refractivity contribution in [3.8, 4) is 0 Å². The van der Waals surface area contributed by atoms with E-state index >= 15 is 0 Å². The van der Waals surface area contributed by atoms with Gasteiger partial charge in [-0.05, 0) is 0 Å². The first-order valence-electron chi connectivity index (χ1n) is 3.51. The molecule has 9 nitrogen and oxygen atoms in total.